The van der Waals surface area contributed by atoms with Gasteiger partial charge in [0.05, 0.1) is 5.41 Å². The molecule has 1 N–H and O–H groups in total. The minimum absolute atomic E-state index is 0.120. The van der Waals surface area contributed by atoms with Gasteiger partial charge in [-0.2, -0.15) is 26.3 Å². The Kier molecular flexibility index (Phi) is 6.36. The van der Waals surface area contributed by atoms with E-state index in [-0.39, 0.29) is 12.8 Å². The second kappa shape index (κ2) is 8.14. The third kappa shape index (κ3) is 4.02. The van der Waals surface area contributed by atoms with E-state index in [1.807, 2.05) is 6.92 Å². The van der Waals surface area contributed by atoms with Crippen LogP contribution in [-0.4, -0.2) is 54.0 Å². The molecule has 6 nitrogen and oxygen atoms in total. The van der Waals surface area contributed by atoms with Crippen molar-refractivity contribution in [1.82, 2.24) is 0 Å². The van der Waals surface area contributed by atoms with Crippen molar-refractivity contribution in [1.29, 1.82) is 0 Å². The number of fused-ring (bicyclic) bond motifs is 1. The lowest BCUT2D eigenvalue weighted by Crippen LogP contribution is -2.53. The maximum absolute atomic E-state index is 12.9. The van der Waals surface area contributed by atoms with Crippen molar-refractivity contribution >= 4 is 11.9 Å². The van der Waals surface area contributed by atoms with E-state index in [4.69, 9.17) is 9.47 Å². The highest BCUT2D eigenvalue weighted by molar-refractivity contribution is 5.83. The van der Waals surface area contributed by atoms with Gasteiger partial charge in [-0.15, -0.1) is 0 Å². The van der Waals surface area contributed by atoms with Crippen molar-refractivity contribution in [2.24, 2.45) is 22.7 Å². The van der Waals surface area contributed by atoms with Gasteiger partial charge in [0.2, 0.25) is 0 Å². The summed E-state index contributed by atoms with van der Waals surface area (Å²) in [6, 6.07) is 0. The van der Waals surface area contributed by atoms with Crippen LogP contribution in [0.15, 0.2) is 12.2 Å². The number of hydrogen-bond donors (Lipinski definition) is 1. The van der Waals surface area contributed by atoms with E-state index in [0.717, 1.165) is 0 Å². The van der Waals surface area contributed by atoms with Crippen molar-refractivity contribution in [2.45, 2.75) is 83.4 Å². The van der Waals surface area contributed by atoms with E-state index < -0.39 is 71.6 Å². The number of ether oxygens (including phenoxy) is 3. The zero-order chi connectivity index (χ0) is 25.1. The van der Waals surface area contributed by atoms with E-state index in [2.05, 4.69) is 11.3 Å². The standard InChI is InChI=1S/C21H26F6O6/c1-5-6-18(4,9(2)3)15(28)31-12-10-7-11-13(12)32-16(29)19(11,8-10)17(30)33-14(20(22,23)24)21(25,26)27/h10-14,17,30H,2,5-8H2,1,3-4H3. The predicted octanol–water partition coefficient (Wildman–Crippen LogP) is 4.06. The molecule has 0 spiro atoms. The summed E-state index contributed by atoms with van der Waals surface area (Å²) in [4.78, 5) is 25.5. The molecule has 12 heteroatoms. The number of esters is 2. The van der Waals surface area contributed by atoms with Gasteiger partial charge in [-0.3, -0.25) is 9.59 Å². The van der Waals surface area contributed by atoms with Crippen LogP contribution in [0.1, 0.15) is 46.5 Å². The predicted molar refractivity (Wildman–Crippen MR) is 99.2 cm³/mol. The molecule has 2 saturated carbocycles. The van der Waals surface area contributed by atoms with Crippen molar-refractivity contribution < 1.29 is 55.2 Å². The van der Waals surface area contributed by atoms with Crippen molar-refractivity contribution in [3.05, 3.63) is 12.2 Å². The van der Waals surface area contributed by atoms with Gasteiger partial charge in [-0.1, -0.05) is 25.5 Å². The smallest absolute Gasteiger partial charge is 0.423 e. The maximum atomic E-state index is 12.9. The monoisotopic (exact) mass is 488 g/mol. The van der Waals surface area contributed by atoms with Crippen LogP contribution in [0, 0.1) is 22.7 Å². The fourth-order valence-electron chi connectivity index (χ4n) is 5.38. The van der Waals surface area contributed by atoms with Gasteiger partial charge in [0.25, 0.3) is 6.10 Å². The fourth-order valence-corrected chi connectivity index (χ4v) is 5.38. The summed E-state index contributed by atoms with van der Waals surface area (Å²) in [6.07, 6.45) is -19.8. The number of alkyl halides is 6. The average molecular weight is 488 g/mol. The Morgan fingerprint density at radius 3 is 2.33 bits per heavy atom. The van der Waals surface area contributed by atoms with E-state index >= 15 is 0 Å². The molecule has 2 aliphatic carbocycles. The fraction of sp³-hybridized carbons (Fsp3) is 0.810. The molecule has 0 amide bonds. The van der Waals surface area contributed by atoms with Crippen LogP contribution in [0.3, 0.4) is 0 Å². The molecule has 3 rings (SSSR count). The quantitative estimate of drug-likeness (QED) is 0.240. The molecule has 1 heterocycles. The maximum Gasteiger partial charge on any atom is 0.423 e. The third-order valence-electron chi connectivity index (χ3n) is 7.31. The summed E-state index contributed by atoms with van der Waals surface area (Å²) in [6.45, 7) is 9.03. The van der Waals surface area contributed by atoms with Gasteiger partial charge in [0.15, 0.2) is 6.29 Å². The summed E-state index contributed by atoms with van der Waals surface area (Å²) in [5.41, 5.74) is -2.54. The number of rotatable bonds is 8. The number of halogens is 6. The van der Waals surface area contributed by atoms with Crippen LogP contribution in [0.5, 0.6) is 0 Å². The minimum atomic E-state index is -5.85. The zero-order valence-corrected chi connectivity index (χ0v) is 18.3. The molecule has 3 fully saturated rings. The normalized spacial score (nSPS) is 33.7. The highest BCUT2D eigenvalue weighted by atomic mass is 19.4. The Hall–Kier alpha value is -1.82. The van der Waals surface area contributed by atoms with Gasteiger partial charge >= 0.3 is 24.3 Å². The average Bonchev–Trinajstić information content (AvgIpc) is 3.26. The highest BCUT2D eigenvalue weighted by Crippen LogP contribution is 2.64. The van der Waals surface area contributed by atoms with Gasteiger partial charge in [0, 0.05) is 11.8 Å². The lowest BCUT2D eigenvalue weighted by atomic mass is 9.72. The Morgan fingerprint density at radius 1 is 1.27 bits per heavy atom. The summed E-state index contributed by atoms with van der Waals surface area (Å²) >= 11 is 0. The summed E-state index contributed by atoms with van der Waals surface area (Å²) in [7, 11) is 0. The number of aliphatic hydroxyl groups is 1. The molecular formula is C21H26F6O6. The number of aliphatic hydroxyl groups excluding tert-OH is 1. The van der Waals surface area contributed by atoms with E-state index in [1.54, 1.807) is 13.8 Å². The summed E-state index contributed by atoms with van der Waals surface area (Å²) in [5.74, 6) is -3.31. The zero-order valence-electron chi connectivity index (χ0n) is 18.3. The van der Waals surface area contributed by atoms with Crippen molar-refractivity contribution in [2.75, 3.05) is 0 Å². The third-order valence-corrected chi connectivity index (χ3v) is 7.31. The van der Waals surface area contributed by atoms with E-state index in [9.17, 15) is 41.0 Å². The second-order valence-corrected chi connectivity index (χ2v) is 9.40. The van der Waals surface area contributed by atoms with E-state index in [1.165, 1.54) is 0 Å². The number of carbonyl (C=O) groups is 2. The lowest BCUT2D eigenvalue weighted by Gasteiger charge is -2.38. The summed E-state index contributed by atoms with van der Waals surface area (Å²) in [5, 5.41) is 10.3. The van der Waals surface area contributed by atoms with Crippen molar-refractivity contribution in [3.8, 4) is 0 Å². The minimum Gasteiger partial charge on any atom is -0.457 e. The molecule has 0 aromatic carbocycles. The molecule has 3 aliphatic rings. The van der Waals surface area contributed by atoms with Crippen LogP contribution in [0.25, 0.3) is 0 Å². The Balaban J connectivity index is 1.80. The first-order chi connectivity index (χ1) is 15.0. The molecule has 1 saturated heterocycles. The molecule has 188 valence electrons. The number of carbonyl (C=O) groups excluding carboxylic acids is 2. The molecule has 0 aromatic heterocycles. The molecule has 33 heavy (non-hydrogen) atoms. The van der Waals surface area contributed by atoms with E-state index in [0.29, 0.717) is 18.4 Å². The van der Waals surface area contributed by atoms with Crippen molar-refractivity contribution in [3.63, 3.8) is 0 Å². The van der Waals surface area contributed by atoms with Crippen LogP contribution in [-0.2, 0) is 23.8 Å². The molecular weight excluding hydrogens is 462 g/mol. The first kappa shape index (κ1) is 25.8. The van der Waals surface area contributed by atoms with Gasteiger partial charge in [-0.25, -0.2) is 0 Å². The first-order valence-corrected chi connectivity index (χ1v) is 10.5. The van der Waals surface area contributed by atoms with Gasteiger partial charge in [0.1, 0.15) is 17.6 Å². The molecule has 7 unspecified atom stereocenters. The second-order valence-electron chi connectivity index (χ2n) is 9.40. The SMILES string of the molecule is C=C(C)C(C)(CCC)C(=O)OC1C2CC3C1OC(=O)C3(C(O)OC(C(F)(F)F)C(F)(F)F)C2. The molecule has 7 atom stereocenters. The molecule has 2 bridgehead atoms. The van der Waals surface area contributed by atoms with Gasteiger partial charge < -0.3 is 19.3 Å². The summed E-state index contributed by atoms with van der Waals surface area (Å²) < 4.78 is 92.3. The Morgan fingerprint density at radius 2 is 1.85 bits per heavy atom. The number of hydrogen-bond acceptors (Lipinski definition) is 6. The lowest BCUT2D eigenvalue weighted by molar-refractivity contribution is -0.360. The molecule has 0 radical (unpaired) electrons. The topological polar surface area (TPSA) is 82.1 Å². The van der Waals surface area contributed by atoms with Gasteiger partial charge in [-0.05, 0) is 33.1 Å². The van der Waals surface area contributed by atoms with Crippen LogP contribution in [0.2, 0.25) is 0 Å². The Labute approximate surface area is 186 Å². The highest BCUT2D eigenvalue weighted by Gasteiger charge is 2.75. The molecule has 1 aliphatic heterocycles. The van der Waals surface area contributed by atoms with Crippen LogP contribution >= 0.6 is 0 Å². The largest absolute Gasteiger partial charge is 0.457 e. The van der Waals surface area contributed by atoms with Crippen LogP contribution in [0.4, 0.5) is 26.3 Å². The first-order valence-electron chi connectivity index (χ1n) is 10.5. The van der Waals surface area contributed by atoms with Crippen LogP contribution < -0.4 is 0 Å². The molecule has 0 aromatic rings. The Bertz CT molecular complexity index is 811.